The molecule has 0 spiro atoms. The SMILES string of the molecule is CCSCCC(C)NC1CC2CCC(C1)N2C. The lowest BCUT2D eigenvalue weighted by Gasteiger charge is -2.38. The number of thioether (sulfide) groups is 1. The van der Waals surface area contributed by atoms with Crippen LogP contribution in [0.2, 0.25) is 0 Å². The molecule has 0 aromatic heterocycles. The molecule has 0 aliphatic carbocycles. The molecule has 3 unspecified atom stereocenters. The summed E-state index contributed by atoms with van der Waals surface area (Å²) in [5, 5.41) is 3.86. The fraction of sp³-hybridized carbons (Fsp3) is 1.00. The van der Waals surface area contributed by atoms with Crippen molar-refractivity contribution in [3.8, 4) is 0 Å². The maximum Gasteiger partial charge on any atom is 0.0111 e. The second-order valence-electron chi connectivity index (χ2n) is 5.77. The van der Waals surface area contributed by atoms with Crippen molar-refractivity contribution in [1.29, 1.82) is 0 Å². The highest BCUT2D eigenvalue weighted by molar-refractivity contribution is 7.99. The van der Waals surface area contributed by atoms with Crippen molar-refractivity contribution >= 4 is 11.8 Å². The van der Waals surface area contributed by atoms with Gasteiger partial charge in [-0.3, -0.25) is 0 Å². The fourth-order valence-electron chi connectivity index (χ4n) is 3.44. The number of nitrogens with one attached hydrogen (secondary N) is 1. The lowest BCUT2D eigenvalue weighted by Crippen LogP contribution is -2.49. The average molecular weight is 256 g/mol. The van der Waals surface area contributed by atoms with E-state index in [0.717, 1.165) is 18.1 Å². The minimum Gasteiger partial charge on any atom is -0.311 e. The van der Waals surface area contributed by atoms with Gasteiger partial charge in [-0.15, -0.1) is 0 Å². The summed E-state index contributed by atoms with van der Waals surface area (Å²) >= 11 is 2.06. The Hall–Kier alpha value is 0.270. The summed E-state index contributed by atoms with van der Waals surface area (Å²) in [5.74, 6) is 2.56. The lowest BCUT2D eigenvalue weighted by molar-refractivity contribution is 0.144. The highest BCUT2D eigenvalue weighted by Crippen LogP contribution is 2.34. The molecule has 3 heteroatoms. The zero-order valence-corrected chi connectivity index (χ0v) is 12.4. The first-order valence-electron chi connectivity index (χ1n) is 7.26. The van der Waals surface area contributed by atoms with Crippen molar-refractivity contribution in [2.24, 2.45) is 0 Å². The quantitative estimate of drug-likeness (QED) is 0.736. The van der Waals surface area contributed by atoms with Crippen LogP contribution in [0.4, 0.5) is 0 Å². The number of nitrogens with zero attached hydrogens (tertiary/aromatic N) is 1. The van der Waals surface area contributed by atoms with Gasteiger partial charge in [0.2, 0.25) is 0 Å². The van der Waals surface area contributed by atoms with Gasteiger partial charge in [-0.1, -0.05) is 6.92 Å². The Kier molecular flexibility index (Phi) is 5.19. The van der Waals surface area contributed by atoms with E-state index in [-0.39, 0.29) is 0 Å². The highest BCUT2D eigenvalue weighted by Gasteiger charge is 2.38. The van der Waals surface area contributed by atoms with Crippen LogP contribution in [0.1, 0.15) is 46.0 Å². The summed E-state index contributed by atoms with van der Waals surface area (Å²) in [6, 6.07) is 3.21. The van der Waals surface area contributed by atoms with Crippen LogP contribution in [0.3, 0.4) is 0 Å². The van der Waals surface area contributed by atoms with Gasteiger partial charge in [0.15, 0.2) is 0 Å². The minimum absolute atomic E-state index is 0.696. The Bertz CT molecular complexity index is 220. The molecule has 2 rings (SSSR count). The van der Waals surface area contributed by atoms with Crippen LogP contribution in [0.5, 0.6) is 0 Å². The minimum atomic E-state index is 0.696. The molecule has 0 saturated carbocycles. The maximum absolute atomic E-state index is 3.86. The zero-order chi connectivity index (χ0) is 12.3. The van der Waals surface area contributed by atoms with Crippen LogP contribution < -0.4 is 5.32 Å². The first-order chi connectivity index (χ1) is 8.20. The molecule has 100 valence electrons. The fourth-order valence-corrected chi connectivity index (χ4v) is 4.25. The van der Waals surface area contributed by atoms with Gasteiger partial charge in [-0.25, -0.2) is 0 Å². The van der Waals surface area contributed by atoms with Crippen molar-refractivity contribution in [3.05, 3.63) is 0 Å². The summed E-state index contributed by atoms with van der Waals surface area (Å²) in [4.78, 5) is 2.62. The molecule has 2 bridgehead atoms. The Morgan fingerprint density at radius 1 is 1.29 bits per heavy atom. The van der Waals surface area contributed by atoms with Gasteiger partial charge in [0.1, 0.15) is 0 Å². The van der Waals surface area contributed by atoms with Crippen LogP contribution in [0.15, 0.2) is 0 Å². The highest BCUT2D eigenvalue weighted by atomic mass is 32.2. The van der Waals surface area contributed by atoms with E-state index in [9.17, 15) is 0 Å². The average Bonchev–Trinajstić information content (AvgIpc) is 2.53. The lowest BCUT2D eigenvalue weighted by atomic mass is 9.97. The van der Waals surface area contributed by atoms with Gasteiger partial charge in [0.05, 0.1) is 0 Å². The largest absolute Gasteiger partial charge is 0.311 e. The molecule has 2 heterocycles. The number of piperidine rings is 1. The molecule has 0 aromatic carbocycles. The predicted molar refractivity (Wildman–Crippen MR) is 77.8 cm³/mol. The molecule has 2 saturated heterocycles. The molecule has 0 amide bonds. The Morgan fingerprint density at radius 3 is 2.53 bits per heavy atom. The molecule has 17 heavy (non-hydrogen) atoms. The number of hydrogen-bond acceptors (Lipinski definition) is 3. The second kappa shape index (κ2) is 6.44. The van der Waals surface area contributed by atoms with Crippen molar-refractivity contribution in [1.82, 2.24) is 10.2 Å². The van der Waals surface area contributed by atoms with Crippen molar-refractivity contribution in [2.75, 3.05) is 18.6 Å². The molecule has 3 atom stereocenters. The van der Waals surface area contributed by atoms with Crippen LogP contribution in [-0.2, 0) is 0 Å². The Labute approximate surface area is 111 Å². The summed E-state index contributed by atoms with van der Waals surface area (Å²) in [6.45, 7) is 4.61. The third kappa shape index (κ3) is 3.62. The molecule has 0 aromatic rings. The Morgan fingerprint density at radius 2 is 1.94 bits per heavy atom. The van der Waals surface area contributed by atoms with E-state index in [2.05, 4.69) is 42.9 Å². The molecule has 2 aliphatic rings. The second-order valence-corrected chi connectivity index (χ2v) is 7.17. The molecular formula is C14H28N2S. The van der Waals surface area contributed by atoms with E-state index < -0.39 is 0 Å². The molecular weight excluding hydrogens is 228 g/mol. The van der Waals surface area contributed by atoms with Gasteiger partial charge in [0.25, 0.3) is 0 Å². The smallest absolute Gasteiger partial charge is 0.0111 e. The van der Waals surface area contributed by atoms with E-state index >= 15 is 0 Å². The topological polar surface area (TPSA) is 15.3 Å². The van der Waals surface area contributed by atoms with E-state index in [4.69, 9.17) is 0 Å². The normalized spacial score (nSPS) is 35.1. The molecule has 1 N–H and O–H groups in total. The number of rotatable bonds is 6. The molecule has 2 fully saturated rings. The first-order valence-corrected chi connectivity index (χ1v) is 8.42. The van der Waals surface area contributed by atoms with Crippen LogP contribution in [0, 0.1) is 0 Å². The van der Waals surface area contributed by atoms with Crippen molar-refractivity contribution in [2.45, 2.75) is 70.1 Å². The number of hydrogen-bond donors (Lipinski definition) is 1. The number of fused-ring (bicyclic) bond motifs is 2. The van der Waals surface area contributed by atoms with Gasteiger partial charge in [-0.05, 0) is 57.6 Å². The molecule has 2 aliphatic heterocycles. The monoisotopic (exact) mass is 256 g/mol. The van der Waals surface area contributed by atoms with E-state index in [1.54, 1.807) is 0 Å². The van der Waals surface area contributed by atoms with Gasteiger partial charge >= 0.3 is 0 Å². The predicted octanol–water partition coefficient (Wildman–Crippen LogP) is 2.73. The molecule has 0 radical (unpaired) electrons. The van der Waals surface area contributed by atoms with Gasteiger partial charge in [0, 0.05) is 24.2 Å². The van der Waals surface area contributed by atoms with Gasteiger partial charge < -0.3 is 10.2 Å². The van der Waals surface area contributed by atoms with Crippen molar-refractivity contribution in [3.63, 3.8) is 0 Å². The van der Waals surface area contributed by atoms with Crippen LogP contribution in [-0.4, -0.2) is 47.6 Å². The van der Waals surface area contributed by atoms with E-state index in [1.165, 1.54) is 43.6 Å². The Balaban J connectivity index is 1.70. The van der Waals surface area contributed by atoms with Crippen LogP contribution >= 0.6 is 11.8 Å². The summed E-state index contributed by atoms with van der Waals surface area (Å²) < 4.78 is 0. The summed E-state index contributed by atoms with van der Waals surface area (Å²) in [7, 11) is 2.32. The standard InChI is InChI=1S/C14H28N2S/c1-4-17-8-7-11(2)15-12-9-13-5-6-14(10-12)16(13)3/h11-15H,4-10H2,1-3H3. The summed E-state index contributed by atoms with van der Waals surface area (Å²) in [6.07, 6.45) is 6.93. The van der Waals surface area contributed by atoms with Gasteiger partial charge in [-0.2, -0.15) is 11.8 Å². The summed E-state index contributed by atoms with van der Waals surface area (Å²) in [5.41, 5.74) is 0. The zero-order valence-electron chi connectivity index (χ0n) is 11.6. The van der Waals surface area contributed by atoms with Crippen molar-refractivity contribution < 1.29 is 0 Å². The third-order valence-electron chi connectivity index (χ3n) is 4.52. The van der Waals surface area contributed by atoms with E-state index in [1.807, 2.05) is 0 Å². The molecule has 2 nitrogen and oxygen atoms in total. The van der Waals surface area contributed by atoms with E-state index in [0.29, 0.717) is 6.04 Å². The third-order valence-corrected chi connectivity index (χ3v) is 5.45. The first kappa shape index (κ1) is 13.7. The maximum atomic E-state index is 3.86. The van der Waals surface area contributed by atoms with Crippen LogP contribution in [0.25, 0.3) is 0 Å².